The van der Waals surface area contributed by atoms with Gasteiger partial charge in [-0.3, -0.25) is 14.3 Å². The molecule has 3 heterocycles. The summed E-state index contributed by atoms with van der Waals surface area (Å²) in [6.45, 7) is 5.98. The number of carbonyl (C=O) groups excluding carboxylic acids is 2. The van der Waals surface area contributed by atoms with Gasteiger partial charge < -0.3 is 19.1 Å². The van der Waals surface area contributed by atoms with E-state index in [4.69, 9.17) is 4.74 Å². The van der Waals surface area contributed by atoms with Crippen molar-refractivity contribution in [3.8, 4) is 5.75 Å². The van der Waals surface area contributed by atoms with Gasteiger partial charge in [0.05, 0.1) is 28.6 Å². The third-order valence-corrected chi connectivity index (χ3v) is 10.8. The lowest BCUT2D eigenvalue weighted by molar-refractivity contribution is -0.143. The Morgan fingerprint density at radius 1 is 0.932 bits per heavy atom. The van der Waals surface area contributed by atoms with Gasteiger partial charge in [-0.2, -0.15) is 0 Å². The van der Waals surface area contributed by atoms with E-state index in [0.717, 1.165) is 23.9 Å². The first-order valence-electron chi connectivity index (χ1n) is 15.0. The van der Waals surface area contributed by atoms with Gasteiger partial charge in [-0.1, -0.05) is 42.5 Å². The van der Waals surface area contributed by atoms with Gasteiger partial charge in [0.1, 0.15) is 12.3 Å². The van der Waals surface area contributed by atoms with Gasteiger partial charge in [0, 0.05) is 37.8 Å². The Kier molecular flexibility index (Phi) is 7.88. The molecule has 0 aliphatic carbocycles. The van der Waals surface area contributed by atoms with Crippen molar-refractivity contribution in [2.75, 3.05) is 31.5 Å². The van der Waals surface area contributed by atoms with Crippen molar-refractivity contribution in [2.24, 2.45) is 5.41 Å². The van der Waals surface area contributed by atoms with E-state index >= 15 is 0 Å². The predicted octanol–water partition coefficient (Wildman–Crippen LogP) is 5.11. The number of aryl methyl sites for hydroxylation is 2. The average Bonchev–Trinajstić information content (AvgIpc) is 3.54. The summed E-state index contributed by atoms with van der Waals surface area (Å²) in [7, 11) is -2.38. The maximum absolute atomic E-state index is 13.6. The van der Waals surface area contributed by atoms with Crippen LogP contribution in [0.1, 0.15) is 36.0 Å². The molecule has 230 valence electrons. The normalized spacial score (nSPS) is 16.6. The van der Waals surface area contributed by atoms with E-state index < -0.39 is 15.4 Å². The van der Waals surface area contributed by atoms with E-state index in [2.05, 4.69) is 4.72 Å². The minimum Gasteiger partial charge on any atom is -0.497 e. The van der Waals surface area contributed by atoms with Gasteiger partial charge in [0.15, 0.2) is 0 Å². The molecular formula is C34H38N4O5S. The van der Waals surface area contributed by atoms with Crippen molar-refractivity contribution < 1.29 is 22.7 Å². The molecule has 0 saturated carbocycles. The molecule has 0 unspecified atom stereocenters. The molecule has 44 heavy (non-hydrogen) atoms. The predicted molar refractivity (Wildman–Crippen MR) is 170 cm³/mol. The van der Waals surface area contributed by atoms with Crippen LogP contribution >= 0.6 is 0 Å². The van der Waals surface area contributed by atoms with Crippen LogP contribution < -0.4 is 9.46 Å². The molecule has 2 saturated heterocycles. The molecule has 2 aliphatic rings. The number of rotatable bonds is 8. The van der Waals surface area contributed by atoms with Crippen LogP contribution in [0.15, 0.2) is 77.8 Å². The lowest BCUT2D eigenvalue weighted by Crippen LogP contribution is -2.47. The van der Waals surface area contributed by atoms with Gasteiger partial charge in [-0.25, -0.2) is 8.42 Å². The number of anilines is 1. The fraction of sp³-hybridized carbons (Fsp3) is 0.353. The topological polar surface area (TPSA) is 101 Å². The fourth-order valence-electron chi connectivity index (χ4n) is 6.86. The monoisotopic (exact) mass is 614 g/mol. The number of methoxy groups -OCH3 is 1. The maximum atomic E-state index is 13.6. The largest absolute Gasteiger partial charge is 0.497 e. The Hall–Kier alpha value is -4.31. The van der Waals surface area contributed by atoms with Crippen molar-refractivity contribution in [3.63, 3.8) is 0 Å². The average molecular weight is 615 g/mol. The first-order valence-corrected chi connectivity index (χ1v) is 16.5. The summed E-state index contributed by atoms with van der Waals surface area (Å²) in [6.07, 6.45) is 3.94. The maximum Gasteiger partial charge on any atom is 0.262 e. The molecule has 2 fully saturated rings. The number of carbonyl (C=O) groups is 2. The molecule has 0 bridgehead atoms. The van der Waals surface area contributed by atoms with E-state index in [1.54, 1.807) is 49.8 Å². The second-order valence-corrected chi connectivity index (χ2v) is 13.6. The van der Waals surface area contributed by atoms with Gasteiger partial charge in [0.2, 0.25) is 11.8 Å². The highest BCUT2D eigenvalue weighted by atomic mass is 32.2. The number of ether oxygens (including phenoxy) is 1. The van der Waals surface area contributed by atoms with Crippen molar-refractivity contribution in [1.82, 2.24) is 14.4 Å². The number of hydrogen-bond acceptors (Lipinski definition) is 5. The Labute approximate surface area is 258 Å². The molecule has 1 N–H and O–H groups in total. The number of sulfonamides is 1. The van der Waals surface area contributed by atoms with Gasteiger partial charge >= 0.3 is 0 Å². The smallest absolute Gasteiger partial charge is 0.262 e. The Bertz CT molecular complexity index is 1800. The van der Waals surface area contributed by atoms with Crippen molar-refractivity contribution >= 4 is 38.4 Å². The van der Waals surface area contributed by atoms with E-state index in [1.807, 2.05) is 58.5 Å². The third kappa shape index (κ3) is 5.54. The van der Waals surface area contributed by atoms with Gasteiger partial charge in [0.25, 0.3) is 10.0 Å². The molecular weight excluding hydrogens is 576 g/mol. The highest BCUT2D eigenvalue weighted by Gasteiger charge is 2.48. The Morgan fingerprint density at radius 2 is 1.61 bits per heavy atom. The highest BCUT2D eigenvalue weighted by molar-refractivity contribution is 7.92. The number of para-hydroxylation sites is 1. The highest BCUT2D eigenvalue weighted by Crippen LogP contribution is 2.42. The summed E-state index contributed by atoms with van der Waals surface area (Å²) < 4.78 is 37.1. The summed E-state index contributed by atoms with van der Waals surface area (Å²) in [4.78, 5) is 31.0. The number of fused-ring (bicyclic) bond motifs is 1. The first kappa shape index (κ1) is 29.7. The van der Waals surface area contributed by atoms with Crippen LogP contribution in [0.5, 0.6) is 5.75 Å². The molecule has 2 aliphatic heterocycles. The van der Waals surface area contributed by atoms with Crippen LogP contribution in [0.25, 0.3) is 10.9 Å². The number of aromatic nitrogens is 1. The van der Waals surface area contributed by atoms with Crippen LogP contribution in [-0.4, -0.2) is 61.3 Å². The number of amides is 2. The standard InChI is InChI=1S/C34H38N4O5S/c1-24-20-28(43-3)21-25(2)32(24)44(41,42)35-29-11-7-10-27-12-16-37(31(27)29)23-30(39)36-17-13-34(14-18-36)15-19-38(33(34)40)22-26-8-5-4-6-9-26/h4-12,16,20-21,35H,13-15,17-19,22-23H2,1-3H3. The molecule has 3 aromatic carbocycles. The van der Waals surface area contributed by atoms with Crippen LogP contribution in [0.2, 0.25) is 0 Å². The van der Waals surface area contributed by atoms with Gasteiger partial charge in [-0.15, -0.1) is 0 Å². The van der Waals surface area contributed by atoms with Crippen molar-refractivity contribution in [1.29, 1.82) is 0 Å². The Balaban J connectivity index is 1.15. The molecule has 2 amide bonds. The summed E-state index contributed by atoms with van der Waals surface area (Å²) >= 11 is 0. The van der Waals surface area contributed by atoms with E-state index in [1.165, 1.54) is 0 Å². The molecule has 6 rings (SSSR count). The summed E-state index contributed by atoms with van der Waals surface area (Å²) in [5, 5.41) is 0.828. The summed E-state index contributed by atoms with van der Waals surface area (Å²) in [5.41, 5.74) is 2.94. The fourth-order valence-corrected chi connectivity index (χ4v) is 8.39. The van der Waals surface area contributed by atoms with E-state index in [9.17, 15) is 18.0 Å². The van der Waals surface area contributed by atoms with Gasteiger partial charge in [-0.05, 0) is 74.1 Å². The number of benzene rings is 3. The zero-order chi connectivity index (χ0) is 31.1. The minimum atomic E-state index is -3.93. The lowest BCUT2D eigenvalue weighted by Gasteiger charge is -2.38. The number of nitrogens with one attached hydrogen (secondary N) is 1. The number of piperidine rings is 1. The third-order valence-electron chi connectivity index (χ3n) is 9.17. The first-order chi connectivity index (χ1) is 21.1. The Morgan fingerprint density at radius 3 is 2.30 bits per heavy atom. The molecule has 10 heteroatoms. The summed E-state index contributed by atoms with van der Waals surface area (Å²) in [6, 6.07) is 20.7. The van der Waals surface area contributed by atoms with Crippen LogP contribution in [-0.2, 0) is 32.7 Å². The van der Waals surface area contributed by atoms with Crippen LogP contribution in [0.4, 0.5) is 5.69 Å². The molecule has 1 aromatic heterocycles. The number of nitrogens with zero attached hydrogens (tertiary/aromatic N) is 3. The second kappa shape index (κ2) is 11.6. The molecule has 1 spiro atoms. The molecule has 4 aromatic rings. The van der Waals surface area contributed by atoms with Crippen molar-refractivity contribution in [3.05, 3.63) is 89.6 Å². The lowest BCUT2D eigenvalue weighted by atomic mass is 9.77. The molecule has 0 atom stereocenters. The zero-order valence-corrected chi connectivity index (χ0v) is 26.2. The number of likely N-dealkylation sites (tertiary alicyclic amines) is 2. The quantitative estimate of drug-likeness (QED) is 0.297. The molecule has 0 radical (unpaired) electrons. The van der Waals surface area contributed by atoms with Crippen LogP contribution in [0.3, 0.4) is 0 Å². The van der Waals surface area contributed by atoms with E-state index in [-0.39, 0.29) is 23.3 Å². The van der Waals surface area contributed by atoms with Crippen molar-refractivity contribution in [2.45, 2.75) is 51.1 Å². The SMILES string of the molecule is COc1cc(C)c(S(=O)(=O)Nc2cccc3ccn(CC(=O)N4CCC5(CC4)CCN(Cc4ccccc4)C5=O)c23)c(C)c1. The van der Waals surface area contributed by atoms with E-state index in [0.29, 0.717) is 60.6 Å². The molecule has 9 nitrogen and oxygen atoms in total. The summed E-state index contributed by atoms with van der Waals surface area (Å²) in [5.74, 6) is 0.742. The number of hydrogen-bond donors (Lipinski definition) is 1. The second-order valence-electron chi connectivity index (χ2n) is 12.0. The van der Waals surface area contributed by atoms with Crippen LogP contribution in [0, 0.1) is 19.3 Å². The minimum absolute atomic E-state index is 0.0524. The zero-order valence-electron chi connectivity index (χ0n) is 25.4.